The topological polar surface area (TPSA) is 230 Å². The molecule has 1 spiro atoms. The summed E-state index contributed by atoms with van der Waals surface area (Å²) in [7, 11) is 4.21. The van der Waals surface area contributed by atoms with Gasteiger partial charge in [0.1, 0.15) is 30.1 Å². The number of nitrogens with zero attached hydrogens (tertiary/aromatic N) is 4. The number of rotatable bonds is 23. The smallest absolute Gasteiger partial charge is 0.341 e. The maximum Gasteiger partial charge on any atom is 0.341 e. The minimum Gasteiger partial charge on any atom is -0.477 e. The van der Waals surface area contributed by atoms with Crippen molar-refractivity contribution in [1.29, 1.82) is 0 Å². The fourth-order valence-corrected chi connectivity index (χ4v) is 10.7. The number of unbranched alkanes of at least 4 members (excludes halogenated alkanes) is 2. The van der Waals surface area contributed by atoms with Crippen molar-refractivity contribution in [1.82, 2.24) is 20.1 Å². The number of urea groups is 1. The van der Waals surface area contributed by atoms with Crippen molar-refractivity contribution in [3.8, 4) is 0 Å². The molecule has 376 valence electrons. The van der Waals surface area contributed by atoms with Gasteiger partial charge in [-0.1, -0.05) is 44.0 Å². The maximum atomic E-state index is 16.2. The molecule has 3 heterocycles. The Morgan fingerprint density at radius 1 is 1.00 bits per heavy atom. The summed E-state index contributed by atoms with van der Waals surface area (Å²) in [4.78, 5) is 104. The molecule has 0 radical (unpaired) electrons. The Balaban J connectivity index is 0.983. The van der Waals surface area contributed by atoms with Gasteiger partial charge >= 0.3 is 12.0 Å². The standard InChI is InChI=1S/C50H61ClF2N8O9/c1-28(2)43(57-39(63)10-6-5-7-20-59-40(64)15-16-41(59)65)37(62)21-30(9-8-19-55-49(54)70)47(67)56-31-13-11-29(12-14-31)26-61(3,4)38-25-58(27-50(38)17-18-50)45-35(53)22-32-44(42(45)51)60(36-23-34(36)52)24-33(46(32)66)48(68)69/h11-16,22,24,28,30,34,36,38,43H,5-10,17-21,23,25-27H2,1-4H3,(H5-,54,55,56,57,63,67,68,69,70)/p+1/t30-,34+,36+,38-,43+/m1/s1. The maximum absolute atomic E-state index is 16.2. The highest BCUT2D eigenvalue weighted by Gasteiger charge is 2.62. The molecule has 2 aromatic carbocycles. The van der Waals surface area contributed by atoms with E-state index in [1.165, 1.54) is 16.7 Å². The van der Waals surface area contributed by atoms with Crippen LogP contribution in [-0.4, -0.2) is 119 Å². The monoisotopic (exact) mass is 991 g/mol. The molecule has 0 bridgehead atoms. The number of halogens is 3. The molecular weight excluding hydrogens is 930 g/mol. The lowest BCUT2D eigenvalue weighted by molar-refractivity contribution is -0.930. The number of primary amides is 1. The van der Waals surface area contributed by atoms with Crippen LogP contribution in [0.15, 0.2) is 53.5 Å². The SMILES string of the molecule is CC(C)[C@H](NC(=O)CCCCCN1C(=O)C=CC1=O)C(=O)C[C@@H](CCCNC(N)=O)C(=O)Nc1ccc(C[N+](C)(C)[C@@H]2CN(c3c(F)cc4c(=O)c(C(=O)O)cn([C@H]5C[C@@H]5F)c4c3Cl)CC23CC3)cc1. The largest absolute Gasteiger partial charge is 0.477 e. The summed E-state index contributed by atoms with van der Waals surface area (Å²) < 4.78 is 32.5. The van der Waals surface area contributed by atoms with Crippen molar-refractivity contribution in [2.24, 2.45) is 23.0 Å². The Hall–Kier alpha value is -6.21. The van der Waals surface area contributed by atoms with E-state index < -0.39 is 58.9 Å². The third-order valence-corrected chi connectivity index (χ3v) is 14.6. The predicted octanol–water partition coefficient (Wildman–Crippen LogP) is 5.61. The lowest BCUT2D eigenvalue weighted by Crippen LogP contribution is -2.53. The number of nitrogens with one attached hydrogen (secondary N) is 3. The molecule has 2 saturated carbocycles. The van der Waals surface area contributed by atoms with Crippen LogP contribution in [0.25, 0.3) is 10.9 Å². The zero-order valence-electron chi connectivity index (χ0n) is 39.9. The molecule has 7 rings (SSSR count). The lowest BCUT2D eigenvalue weighted by Gasteiger charge is -2.39. The second-order valence-corrected chi connectivity index (χ2v) is 20.6. The average Bonchev–Trinajstić information content (AvgIpc) is 4.16. The molecule has 3 fully saturated rings. The van der Waals surface area contributed by atoms with Gasteiger partial charge in [-0.25, -0.2) is 18.4 Å². The van der Waals surface area contributed by atoms with Crippen LogP contribution >= 0.6 is 11.6 Å². The number of aromatic nitrogens is 1. The van der Waals surface area contributed by atoms with Crippen molar-refractivity contribution in [3.05, 3.63) is 80.9 Å². The number of alkyl halides is 1. The lowest BCUT2D eigenvalue weighted by atomic mass is 9.89. The van der Waals surface area contributed by atoms with Gasteiger partial charge in [-0.05, 0) is 62.6 Å². The Kier molecular flexibility index (Phi) is 15.5. The molecule has 3 aromatic rings. The van der Waals surface area contributed by atoms with Crippen molar-refractivity contribution in [2.45, 2.75) is 109 Å². The first-order valence-electron chi connectivity index (χ1n) is 23.9. The Labute approximate surface area is 409 Å². The molecular formula is C50H62ClF2N8O9+. The van der Waals surface area contributed by atoms with Gasteiger partial charge in [0, 0.05) is 79.8 Å². The molecule has 1 saturated heterocycles. The average molecular weight is 993 g/mol. The van der Waals surface area contributed by atoms with Gasteiger partial charge in [0.2, 0.25) is 17.2 Å². The number of likely N-dealkylation sites (N-methyl/N-ethyl adjacent to an activating group) is 1. The molecule has 2 aliphatic heterocycles. The predicted molar refractivity (Wildman–Crippen MR) is 258 cm³/mol. The van der Waals surface area contributed by atoms with E-state index in [2.05, 4.69) is 30.0 Å². The highest BCUT2D eigenvalue weighted by Crippen LogP contribution is 2.57. The Bertz CT molecular complexity index is 2650. The van der Waals surface area contributed by atoms with Gasteiger partial charge in [0.15, 0.2) is 5.78 Å². The molecule has 17 nitrogen and oxygen atoms in total. The van der Waals surface area contributed by atoms with Gasteiger partial charge in [-0.15, -0.1) is 0 Å². The number of carboxylic acids is 1. The highest BCUT2D eigenvalue weighted by molar-refractivity contribution is 6.38. The van der Waals surface area contributed by atoms with Crippen LogP contribution in [0, 0.1) is 23.1 Å². The molecule has 5 atom stereocenters. The number of benzene rings is 2. The minimum absolute atomic E-state index is 0.0267. The summed E-state index contributed by atoms with van der Waals surface area (Å²) in [6.07, 6.45) is 6.43. The second-order valence-electron chi connectivity index (χ2n) is 20.3. The van der Waals surface area contributed by atoms with E-state index in [1.54, 1.807) is 26.0 Å². The fourth-order valence-electron chi connectivity index (χ4n) is 10.3. The highest BCUT2D eigenvalue weighted by atomic mass is 35.5. The van der Waals surface area contributed by atoms with Crippen molar-refractivity contribution < 1.29 is 51.9 Å². The van der Waals surface area contributed by atoms with Crippen LogP contribution in [0.1, 0.15) is 100 Å². The van der Waals surface area contributed by atoms with E-state index in [9.17, 15) is 47.9 Å². The number of carbonyl (C=O) groups is 7. The van der Waals surface area contributed by atoms with Crippen LogP contribution in [0.2, 0.25) is 5.02 Å². The van der Waals surface area contributed by atoms with Crippen LogP contribution in [0.3, 0.4) is 0 Å². The van der Waals surface area contributed by atoms with E-state index in [0.29, 0.717) is 55.5 Å². The number of imide groups is 1. The van der Waals surface area contributed by atoms with Gasteiger partial charge in [-0.2, -0.15) is 0 Å². The number of carboxylic acid groups (broad SMARTS) is 1. The molecule has 6 N–H and O–H groups in total. The summed E-state index contributed by atoms with van der Waals surface area (Å²) in [6, 6.07) is 6.15. The summed E-state index contributed by atoms with van der Waals surface area (Å²) in [5.74, 6) is -5.09. The van der Waals surface area contributed by atoms with Crippen molar-refractivity contribution in [2.75, 3.05) is 50.5 Å². The van der Waals surface area contributed by atoms with Crippen LogP contribution < -0.4 is 32.0 Å². The van der Waals surface area contributed by atoms with Gasteiger partial charge < -0.3 is 40.7 Å². The third-order valence-electron chi connectivity index (χ3n) is 14.3. The quantitative estimate of drug-likeness (QED) is 0.0448. The molecule has 6 amide bonds. The number of amides is 6. The Morgan fingerprint density at radius 2 is 1.67 bits per heavy atom. The first-order chi connectivity index (χ1) is 33.1. The number of hydrogen-bond acceptors (Lipinski definition) is 9. The number of pyridine rings is 1. The van der Waals surface area contributed by atoms with Gasteiger partial charge in [-0.3, -0.25) is 33.7 Å². The summed E-state index contributed by atoms with van der Waals surface area (Å²) in [6.45, 7) is 5.57. The molecule has 20 heteroatoms. The molecule has 70 heavy (non-hydrogen) atoms. The molecule has 2 aliphatic carbocycles. The number of hydrogen-bond donors (Lipinski definition) is 5. The third kappa shape index (κ3) is 11.5. The van der Waals surface area contributed by atoms with E-state index in [-0.39, 0.29) is 101 Å². The number of quaternary nitrogens is 1. The van der Waals surface area contributed by atoms with E-state index in [0.717, 1.165) is 35.6 Å². The van der Waals surface area contributed by atoms with E-state index >= 15 is 4.39 Å². The van der Waals surface area contributed by atoms with E-state index in [1.807, 2.05) is 17.0 Å². The van der Waals surface area contributed by atoms with Crippen molar-refractivity contribution in [3.63, 3.8) is 0 Å². The Morgan fingerprint density at radius 3 is 2.27 bits per heavy atom. The van der Waals surface area contributed by atoms with Crippen molar-refractivity contribution >= 4 is 75.3 Å². The number of Topliss-reactive ketones (excluding diaryl/α,β-unsaturated/α-hetero) is 1. The number of carbonyl (C=O) groups excluding carboxylic acids is 6. The first kappa shape index (κ1) is 51.6. The van der Waals surface area contributed by atoms with Crippen LogP contribution in [-0.2, 0) is 30.5 Å². The second kappa shape index (κ2) is 21.0. The molecule has 0 unspecified atom stereocenters. The number of nitrogens with two attached hydrogens (primary N) is 1. The van der Waals surface area contributed by atoms with Gasteiger partial charge in [0.25, 0.3) is 11.8 Å². The first-order valence-corrected chi connectivity index (χ1v) is 24.3. The van der Waals surface area contributed by atoms with Crippen LogP contribution in [0.5, 0.6) is 0 Å². The van der Waals surface area contributed by atoms with E-state index in [4.69, 9.17) is 17.3 Å². The number of fused-ring (bicyclic) bond motifs is 1. The normalized spacial score (nSPS) is 20.0. The zero-order valence-corrected chi connectivity index (χ0v) is 40.7. The number of anilines is 2. The summed E-state index contributed by atoms with van der Waals surface area (Å²) in [5.41, 5.74) is 5.30. The van der Waals surface area contributed by atoms with Gasteiger partial charge in [0.05, 0.1) is 54.3 Å². The summed E-state index contributed by atoms with van der Waals surface area (Å²) in [5, 5.41) is 17.7. The summed E-state index contributed by atoms with van der Waals surface area (Å²) >= 11 is 6.97. The zero-order chi connectivity index (χ0) is 50.8. The number of ketones is 1. The molecule has 4 aliphatic rings. The molecule has 1 aromatic heterocycles. The number of aromatic carboxylic acids is 1. The van der Waals surface area contributed by atoms with Crippen LogP contribution in [0.4, 0.5) is 25.0 Å². The fraction of sp³-hybridized carbons (Fsp3) is 0.520. The minimum atomic E-state index is -1.50.